The molecule has 1 aromatic heterocycles. The lowest BCUT2D eigenvalue weighted by molar-refractivity contribution is -0.114. The van der Waals surface area contributed by atoms with Crippen LogP contribution < -0.4 is 9.80 Å². The van der Waals surface area contributed by atoms with Gasteiger partial charge in [0, 0.05) is 49.6 Å². The first-order valence-corrected chi connectivity index (χ1v) is 12.6. The summed E-state index contributed by atoms with van der Waals surface area (Å²) in [4.78, 5) is 17.7. The standard InChI is InChI=1S/C25H35N5O2S/c1-17(2)16-30-23(29-11-13-32-14-12-29)26-27-24(30)33-18(3)21(31)15-22-25(4,5)19-9-7-8-10-20(19)28(22)6/h7-10,15,17-18H,11-14,16H2,1-6H3/b22-15-. The van der Waals surface area contributed by atoms with Gasteiger partial charge >= 0.3 is 0 Å². The number of allylic oxidation sites excluding steroid dienone is 2. The van der Waals surface area contributed by atoms with Gasteiger partial charge in [0.05, 0.1) is 18.5 Å². The lowest BCUT2D eigenvalue weighted by atomic mass is 9.83. The summed E-state index contributed by atoms with van der Waals surface area (Å²) in [7, 11) is 2.04. The third-order valence-corrected chi connectivity index (χ3v) is 7.54. The summed E-state index contributed by atoms with van der Waals surface area (Å²) in [6.07, 6.45) is 1.82. The van der Waals surface area contributed by atoms with Gasteiger partial charge in [0.15, 0.2) is 10.9 Å². The molecule has 1 saturated heterocycles. The molecule has 7 nitrogen and oxygen atoms in total. The second kappa shape index (κ2) is 9.50. The number of hydrogen-bond acceptors (Lipinski definition) is 7. The van der Waals surface area contributed by atoms with E-state index in [4.69, 9.17) is 4.74 Å². The van der Waals surface area contributed by atoms with Crippen LogP contribution in [0.4, 0.5) is 11.6 Å². The van der Waals surface area contributed by atoms with Gasteiger partial charge in [0.2, 0.25) is 5.95 Å². The van der Waals surface area contributed by atoms with Gasteiger partial charge in [-0.15, -0.1) is 10.2 Å². The number of anilines is 2. The highest BCUT2D eigenvalue weighted by atomic mass is 32.2. The molecule has 1 aromatic carbocycles. The number of aromatic nitrogens is 3. The largest absolute Gasteiger partial charge is 0.378 e. The van der Waals surface area contributed by atoms with Crippen molar-refractivity contribution in [3.05, 3.63) is 41.6 Å². The SMILES string of the molecule is CC(C)Cn1c(SC(C)C(=O)/C=C2\N(C)c3ccccc3C2(C)C)nnc1N1CCOCC1. The molecule has 0 spiro atoms. The number of ether oxygens (including phenoxy) is 1. The van der Waals surface area contributed by atoms with Gasteiger partial charge in [-0.3, -0.25) is 9.36 Å². The lowest BCUT2D eigenvalue weighted by Crippen LogP contribution is -2.38. The zero-order chi connectivity index (χ0) is 23.8. The number of carbonyl (C=O) groups is 1. The highest BCUT2D eigenvalue weighted by Gasteiger charge is 2.39. The lowest BCUT2D eigenvalue weighted by Gasteiger charge is -2.28. The Morgan fingerprint density at radius 3 is 2.55 bits per heavy atom. The topological polar surface area (TPSA) is 63.5 Å². The van der Waals surface area contributed by atoms with E-state index in [9.17, 15) is 4.79 Å². The molecule has 0 amide bonds. The van der Waals surface area contributed by atoms with Crippen molar-refractivity contribution in [3.63, 3.8) is 0 Å². The molecular formula is C25H35N5O2S. The minimum absolute atomic E-state index is 0.0924. The molecule has 0 aliphatic carbocycles. The van der Waals surface area contributed by atoms with Crippen LogP contribution in [0.3, 0.4) is 0 Å². The first kappa shape index (κ1) is 23.8. The van der Waals surface area contributed by atoms with Crippen molar-refractivity contribution < 1.29 is 9.53 Å². The zero-order valence-electron chi connectivity index (χ0n) is 20.5. The monoisotopic (exact) mass is 469 g/mol. The van der Waals surface area contributed by atoms with Gasteiger partial charge in [0.1, 0.15) is 0 Å². The molecule has 3 heterocycles. The quantitative estimate of drug-likeness (QED) is 0.446. The second-order valence-electron chi connectivity index (χ2n) is 9.78. The van der Waals surface area contributed by atoms with Crippen LogP contribution in [0.5, 0.6) is 0 Å². The first-order valence-electron chi connectivity index (χ1n) is 11.7. The minimum atomic E-state index is -0.266. The fraction of sp³-hybridized carbons (Fsp3) is 0.560. The van der Waals surface area contributed by atoms with Crippen molar-refractivity contribution >= 4 is 29.2 Å². The van der Waals surface area contributed by atoms with Crippen molar-refractivity contribution in [1.82, 2.24) is 14.8 Å². The molecule has 0 saturated carbocycles. The summed E-state index contributed by atoms with van der Waals surface area (Å²) >= 11 is 1.49. The van der Waals surface area contributed by atoms with Gasteiger partial charge in [-0.05, 0) is 24.5 Å². The number of para-hydroxylation sites is 1. The van der Waals surface area contributed by atoms with E-state index in [1.54, 1.807) is 0 Å². The summed E-state index contributed by atoms with van der Waals surface area (Å²) in [6.45, 7) is 14.5. The predicted molar refractivity (Wildman–Crippen MR) is 134 cm³/mol. The molecule has 2 aliphatic rings. The van der Waals surface area contributed by atoms with E-state index < -0.39 is 0 Å². The number of rotatable bonds is 7. The number of hydrogen-bond donors (Lipinski definition) is 0. The number of carbonyl (C=O) groups excluding carboxylic acids is 1. The first-order chi connectivity index (χ1) is 15.7. The second-order valence-corrected chi connectivity index (χ2v) is 11.1. The van der Waals surface area contributed by atoms with E-state index in [1.807, 2.05) is 26.1 Å². The number of likely N-dealkylation sites (N-methyl/N-ethyl adjacent to an activating group) is 1. The normalized spacial score (nSPS) is 19.9. The van der Waals surface area contributed by atoms with E-state index in [2.05, 4.69) is 70.5 Å². The van der Waals surface area contributed by atoms with Gasteiger partial charge in [-0.2, -0.15) is 0 Å². The fourth-order valence-electron chi connectivity index (χ4n) is 4.62. The van der Waals surface area contributed by atoms with Crippen LogP contribution >= 0.6 is 11.8 Å². The van der Waals surface area contributed by atoms with Gasteiger partial charge < -0.3 is 14.5 Å². The maximum absolute atomic E-state index is 13.3. The highest BCUT2D eigenvalue weighted by Crippen LogP contribution is 2.46. The Morgan fingerprint density at radius 2 is 1.88 bits per heavy atom. The van der Waals surface area contributed by atoms with Gasteiger partial charge in [-0.25, -0.2) is 0 Å². The summed E-state index contributed by atoms with van der Waals surface area (Å²) in [6, 6.07) is 8.37. The Kier molecular flexibility index (Phi) is 6.86. The van der Waals surface area contributed by atoms with Crippen LogP contribution in [0.2, 0.25) is 0 Å². The molecule has 0 radical (unpaired) electrons. The molecule has 8 heteroatoms. The van der Waals surface area contributed by atoms with E-state index in [1.165, 1.54) is 17.3 Å². The van der Waals surface area contributed by atoms with Gasteiger partial charge in [-0.1, -0.05) is 57.7 Å². The van der Waals surface area contributed by atoms with E-state index >= 15 is 0 Å². The molecule has 1 atom stereocenters. The fourth-order valence-corrected chi connectivity index (χ4v) is 5.49. The van der Waals surface area contributed by atoms with Crippen LogP contribution in [-0.2, 0) is 21.5 Å². The molecule has 1 unspecified atom stereocenters. The molecular weight excluding hydrogens is 434 g/mol. The Bertz CT molecular complexity index is 1040. The molecule has 33 heavy (non-hydrogen) atoms. The summed E-state index contributed by atoms with van der Waals surface area (Å²) < 4.78 is 7.66. The molecule has 2 aliphatic heterocycles. The third kappa shape index (κ3) is 4.68. The number of morpholine rings is 1. The molecule has 2 aromatic rings. The molecule has 1 fully saturated rings. The van der Waals surface area contributed by atoms with Crippen LogP contribution in [-0.4, -0.2) is 59.1 Å². The smallest absolute Gasteiger partial charge is 0.228 e. The molecule has 0 N–H and O–H groups in total. The Hall–Kier alpha value is -2.32. The van der Waals surface area contributed by atoms with Crippen LogP contribution in [0.15, 0.2) is 41.2 Å². The maximum atomic E-state index is 13.3. The summed E-state index contributed by atoms with van der Waals surface area (Å²) in [5.41, 5.74) is 3.22. The number of benzene rings is 1. The number of fused-ring (bicyclic) bond motifs is 1. The Morgan fingerprint density at radius 1 is 1.18 bits per heavy atom. The van der Waals surface area contributed by atoms with E-state index in [-0.39, 0.29) is 16.4 Å². The zero-order valence-corrected chi connectivity index (χ0v) is 21.4. The van der Waals surface area contributed by atoms with Crippen molar-refractivity contribution in [2.45, 2.75) is 57.0 Å². The van der Waals surface area contributed by atoms with Gasteiger partial charge in [0.25, 0.3) is 0 Å². The van der Waals surface area contributed by atoms with Crippen molar-refractivity contribution in [3.8, 4) is 0 Å². The number of ketones is 1. The third-order valence-electron chi connectivity index (χ3n) is 6.44. The minimum Gasteiger partial charge on any atom is -0.378 e. The van der Waals surface area contributed by atoms with Crippen LogP contribution in [0.1, 0.15) is 40.2 Å². The average Bonchev–Trinajstić information content (AvgIpc) is 3.26. The van der Waals surface area contributed by atoms with Crippen molar-refractivity contribution in [1.29, 1.82) is 0 Å². The Balaban J connectivity index is 1.55. The van der Waals surface area contributed by atoms with Crippen molar-refractivity contribution in [2.24, 2.45) is 5.92 Å². The van der Waals surface area contributed by atoms with E-state index in [0.717, 1.165) is 42.1 Å². The maximum Gasteiger partial charge on any atom is 0.228 e. The number of thioether (sulfide) groups is 1. The number of nitrogens with zero attached hydrogens (tertiary/aromatic N) is 5. The summed E-state index contributed by atoms with van der Waals surface area (Å²) in [5.74, 6) is 1.41. The summed E-state index contributed by atoms with van der Waals surface area (Å²) in [5, 5.41) is 9.52. The average molecular weight is 470 g/mol. The molecule has 178 valence electrons. The van der Waals surface area contributed by atoms with Crippen molar-refractivity contribution in [2.75, 3.05) is 43.2 Å². The predicted octanol–water partition coefficient (Wildman–Crippen LogP) is 4.13. The highest BCUT2D eigenvalue weighted by molar-refractivity contribution is 8.00. The Labute approximate surface area is 201 Å². The van der Waals surface area contributed by atoms with Crippen LogP contribution in [0, 0.1) is 5.92 Å². The van der Waals surface area contributed by atoms with E-state index in [0.29, 0.717) is 19.1 Å². The van der Waals surface area contributed by atoms with Crippen LogP contribution in [0.25, 0.3) is 0 Å². The molecule has 4 rings (SSSR count). The molecule has 0 bridgehead atoms.